The number of hydrogen-bond acceptors (Lipinski definition) is 6. The molecule has 132 valence electrons. The zero-order chi connectivity index (χ0) is 17.5. The van der Waals surface area contributed by atoms with E-state index >= 15 is 0 Å². The van der Waals surface area contributed by atoms with Crippen LogP contribution < -0.4 is 9.47 Å². The molecule has 1 amide bonds. The first-order chi connectivity index (χ1) is 11.5. The highest BCUT2D eigenvalue weighted by Crippen LogP contribution is 2.17. The van der Waals surface area contributed by atoms with Crippen molar-refractivity contribution in [2.45, 2.75) is 26.1 Å². The van der Waals surface area contributed by atoms with E-state index in [0.29, 0.717) is 24.6 Å². The molecule has 1 fully saturated rings. The van der Waals surface area contributed by atoms with Crippen LogP contribution >= 0.6 is 0 Å². The molecule has 1 saturated heterocycles. The van der Waals surface area contributed by atoms with Gasteiger partial charge in [-0.2, -0.15) is 0 Å². The van der Waals surface area contributed by atoms with Gasteiger partial charge in [0.1, 0.15) is 11.5 Å². The number of esters is 1. The second-order valence-corrected chi connectivity index (χ2v) is 5.68. The lowest BCUT2D eigenvalue weighted by Crippen LogP contribution is -2.49. The standard InChI is InChI=1S/C17H23NO6/c1-12-8-18(9-13(2)24-12)16(19)10-23-17(20)11-22-15-6-4-14(21-3)5-7-15/h4-7,12-13H,8-11H2,1-3H3. The van der Waals surface area contributed by atoms with Gasteiger partial charge in [0, 0.05) is 13.1 Å². The summed E-state index contributed by atoms with van der Waals surface area (Å²) < 4.78 is 20.9. The van der Waals surface area contributed by atoms with E-state index in [1.807, 2.05) is 13.8 Å². The maximum Gasteiger partial charge on any atom is 0.344 e. The molecule has 0 spiro atoms. The van der Waals surface area contributed by atoms with E-state index in [2.05, 4.69) is 0 Å². The van der Waals surface area contributed by atoms with Crippen molar-refractivity contribution in [2.24, 2.45) is 0 Å². The summed E-state index contributed by atoms with van der Waals surface area (Å²) in [5.74, 6) is 0.405. The minimum atomic E-state index is -0.589. The summed E-state index contributed by atoms with van der Waals surface area (Å²) in [5.41, 5.74) is 0. The van der Waals surface area contributed by atoms with Gasteiger partial charge in [-0.1, -0.05) is 0 Å². The molecule has 0 aromatic heterocycles. The number of rotatable bonds is 6. The topological polar surface area (TPSA) is 74.3 Å². The van der Waals surface area contributed by atoms with Crippen molar-refractivity contribution in [1.29, 1.82) is 0 Å². The molecule has 0 N–H and O–H groups in total. The molecule has 24 heavy (non-hydrogen) atoms. The van der Waals surface area contributed by atoms with E-state index in [4.69, 9.17) is 18.9 Å². The lowest BCUT2D eigenvalue weighted by Gasteiger charge is -2.35. The third-order valence-electron chi connectivity index (χ3n) is 3.55. The molecule has 2 atom stereocenters. The van der Waals surface area contributed by atoms with Crippen molar-refractivity contribution in [3.8, 4) is 11.5 Å². The number of carbonyl (C=O) groups is 2. The van der Waals surface area contributed by atoms with Crippen LogP contribution in [0.4, 0.5) is 0 Å². The van der Waals surface area contributed by atoms with E-state index < -0.39 is 5.97 Å². The SMILES string of the molecule is COc1ccc(OCC(=O)OCC(=O)N2CC(C)OC(C)C2)cc1. The van der Waals surface area contributed by atoms with Crippen molar-refractivity contribution in [3.63, 3.8) is 0 Å². The van der Waals surface area contributed by atoms with Crippen LogP contribution in [0, 0.1) is 0 Å². The molecule has 1 aliphatic heterocycles. The van der Waals surface area contributed by atoms with Gasteiger partial charge in [-0.15, -0.1) is 0 Å². The highest BCUT2D eigenvalue weighted by atomic mass is 16.6. The second kappa shape index (κ2) is 8.54. The lowest BCUT2D eigenvalue weighted by molar-refractivity contribution is -0.158. The molecule has 0 aliphatic carbocycles. The highest BCUT2D eigenvalue weighted by Gasteiger charge is 2.26. The first-order valence-corrected chi connectivity index (χ1v) is 7.83. The molecule has 7 heteroatoms. The fourth-order valence-corrected chi connectivity index (χ4v) is 2.47. The van der Waals surface area contributed by atoms with Crippen molar-refractivity contribution in [3.05, 3.63) is 24.3 Å². The number of carbonyl (C=O) groups excluding carboxylic acids is 2. The summed E-state index contributed by atoms with van der Waals surface area (Å²) in [7, 11) is 1.57. The fraction of sp³-hybridized carbons (Fsp3) is 0.529. The van der Waals surface area contributed by atoms with Gasteiger partial charge in [0.05, 0.1) is 19.3 Å². The predicted octanol–water partition coefficient (Wildman–Crippen LogP) is 1.25. The van der Waals surface area contributed by atoms with E-state index in [-0.39, 0.29) is 31.3 Å². The van der Waals surface area contributed by atoms with Crippen molar-refractivity contribution < 1.29 is 28.5 Å². The minimum Gasteiger partial charge on any atom is -0.497 e. The van der Waals surface area contributed by atoms with Gasteiger partial charge >= 0.3 is 5.97 Å². The highest BCUT2D eigenvalue weighted by molar-refractivity contribution is 5.81. The number of amides is 1. The summed E-state index contributed by atoms with van der Waals surface area (Å²) in [6, 6.07) is 6.83. The average Bonchev–Trinajstić information content (AvgIpc) is 2.57. The van der Waals surface area contributed by atoms with Crippen LogP contribution in [0.2, 0.25) is 0 Å². The number of ether oxygens (including phenoxy) is 4. The maximum atomic E-state index is 12.1. The van der Waals surface area contributed by atoms with Crippen molar-refractivity contribution >= 4 is 11.9 Å². The summed E-state index contributed by atoms with van der Waals surface area (Å²) in [4.78, 5) is 25.4. The minimum absolute atomic E-state index is 0.0215. The number of morpholine rings is 1. The molecular weight excluding hydrogens is 314 g/mol. The molecular formula is C17H23NO6. The molecule has 0 saturated carbocycles. The Hall–Kier alpha value is -2.28. The first kappa shape index (κ1) is 18.1. The van der Waals surface area contributed by atoms with E-state index in [1.54, 1.807) is 36.3 Å². The van der Waals surface area contributed by atoms with Crippen molar-refractivity contribution in [2.75, 3.05) is 33.4 Å². The Morgan fingerprint density at radius 1 is 1.08 bits per heavy atom. The largest absolute Gasteiger partial charge is 0.497 e. The Balaban J connectivity index is 1.71. The zero-order valence-corrected chi connectivity index (χ0v) is 14.2. The Labute approximate surface area is 141 Å². The number of nitrogens with zero attached hydrogens (tertiary/aromatic N) is 1. The van der Waals surface area contributed by atoms with Crippen molar-refractivity contribution in [1.82, 2.24) is 4.90 Å². The average molecular weight is 337 g/mol. The molecule has 1 aliphatic rings. The zero-order valence-electron chi connectivity index (χ0n) is 14.2. The number of hydrogen-bond donors (Lipinski definition) is 0. The van der Waals surface area contributed by atoms with Gasteiger partial charge in [0.2, 0.25) is 0 Å². The quantitative estimate of drug-likeness (QED) is 0.728. The van der Waals surface area contributed by atoms with Gasteiger partial charge in [-0.05, 0) is 38.1 Å². The molecule has 1 aromatic rings. The summed E-state index contributed by atoms with van der Waals surface area (Å²) >= 11 is 0. The van der Waals surface area contributed by atoms with Gasteiger partial charge in [-0.25, -0.2) is 4.79 Å². The smallest absolute Gasteiger partial charge is 0.344 e. The summed E-state index contributed by atoms with van der Waals surface area (Å²) in [5, 5.41) is 0. The monoisotopic (exact) mass is 337 g/mol. The van der Waals surface area contributed by atoms with Crippen LogP contribution in [0.3, 0.4) is 0 Å². The van der Waals surface area contributed by atoms with Gasteiger partial charge in [0.25, 0.3) is 5.91 Å². The molecule has 1 aromatic carbocycles. The molecule has 1 heterocycles. The Morgan fingerprint density at radius 2 is 1.67 bits per heavy atom. The Kier molecular flexibility index (Phi) is 6.43. The van der Waals surface area contributed by atoms with Crippen LogP contribution in [0.1, 0.15) is 13.8 Å². The van der Waals surface area contributed by atoms with Crippen LogP contribution in [0.5, 0.6) is 11.5 Å². The van der Waals surface area contributed by atoms with Crippen LogP contribution in [0.25, 0.3) is 0 Å². The molecule has 0 bridgehead atoms. The molecule has 2 rings (SSSR count). The molecule has 0 radical (unpaired) electrons. The number of methoxy groups -OCH3 is 1. The molecule has 2 unspecified atom stereocenters. The Morgan fingerprint density at radius 3 is 2.25 bits per heavy atom. The first-order valence-electron chi connectivity index (χ1n) is 7.83. The number of benzene rings is 1. The van der Waals surface area contributed by atoms with E-state index in [0.717, 1.165) is 0 Å². The van der Waals surface area contributed by atoms with Gasteiger partial charge in [0.15, 0.2) is 13.2 Å². The third kappa shape index (κ3) is 5.42. The molecule has 7 nitrogen and oxygen atoms in total. The summed E-state index contributed by atoms with van der Waals surface area (Å²) in [6.45, 7) is 4.28. The lowest BCUT2D eigenvalue weighted by atomic mass is 10.2. The van der Waals surface area contributed by atoms with E-state index in [9.17, 15) is 9.59 Å². The summed E-state index contributed by atoms with van der Waals surface area (Å²) in [6.07, 6.45) is -0.0430. The second-order valence-electron chi connectivity index (χ2n) is 5.68. The predicted molar refractivity (Wildman–Crippen MR) is 86.0 cm³/mol. The maximum absolute atomic E-state index is 12.1. The van der Waals surface area contributed by atoms with Gasteiger partial charge < -0.3 is 23.8 Å². The van der Waals surface area contributed by atoms with Crippen LogP contribution in [-0.4, -0.2) is 62.4 Å². The Bertz CT molecular complexity index is 549. The third-order valence-corrected chi connectivity index (χ3v) is 3.55. The normalized spacial score (nSPS) is 20.4. The van der Waals surface area contributed by atoms with E-state index in [1.165, 1.54) is 0 Å². The van der Waals surface area contributed by atoms with Gasteiger partial charge in [-0.3, -0.25) is 4.79 Å². The fourth-order valence-electron chi connectivity index (χ4n) is 2.47. The van der Waals surface area contributed by atoms with Crippen LogP contribution in [-0.2, 0) is 19.1 Å². The van der Waals surface area contributed by atoms with Crippen LogP contribution in [0.15, 0.2) is 24.3 Å².